The molecule has 17 heavy (non-hydrogen) atoms. The van der Waals surface area contributed by atoms with Gasteiger partial charge in [-0.25, -0.2) is 0 Å². The van der Waals surface area contributed by atoms with Crippen molar-refractivity contribution in [2.45, 2.75) is 63.6 Å². The Kier molecular flexibility index (Phi) is 12.1. The fourth-order valence-corrected chi connectivity index (χ4v) is 2.08. The van der Waals surface area contributed by atoms with Gasteiger partial charge in [0.15, 0.2) is 0 Å². The van der Waals surface area contributed by atoms with E-state index in [1.54, 1.807) is 6.26 Å². The third-order valence-electron chi connectivity index (χ3n) is 3.08. The first-order valence-electron chi connectivity index (χ1n) is 6.40. The zero-order valence-corrected chi connectivity index (χ0v) is 13.5. The molecule has 0 amide bonds. The molecule has 2 fully saturated rings. The quantitative estimate of drug-likeness (QED) is 0.625. The molecule has 2 rings (SSSR count). The molecular formula is C14H24O2Y-2. The number of hydrogen-bond acceptors (Lipinski definition) is 2. The van der Waals surface area contributed by atoms with Gasteiger partial charge < -0.3 is 22.7 Å². The molecule has 2 nitrogen and oxygen atoms in total. The minimum Gasteiger partial charge on any atom is -0.499 e. The van der Waals surface area contributed by atoms with Gasteiger partial charge in [-0.05, 0) is 12.8 Å². The second-order valence-corrected chi connectivity index (χ2v) is 4.47. The van der Waals surface area contributed by atoms with Gasteiger partial charge in [0.25, 0.3) is 0 Å². The van der Waals surface area contributed by atoms with E-state index in [2.05, 4.69) is 19.4 Å². The molecule has 3 heteroatoms. The Bertz CT molecular complexity index is 173. The van der Waals surface area contributed by atoms with Crippen molar-refractivity contribution in [3.63, 3.8) is 0 Å². The van der Waals surface area contributed by atoms with E-state index in [1.165, 1.54) is 25.7 Å². The SMILES string of the molecule is C=COC1CC[CH-]CC1.OC1CC[CH-]CC1.[Y]. The molecule has 1 radical (unpaired) electrons. The van der Waals surface area contributed by atoms with E-state index in [0.29, 0.717) is 6.10 Å². The first-order valence-corrected chi connectivity index (χ1v) is 6.40. The summed E-state index contributed by atoms with van der Waals surface area (Å²) in [5.74, 6) is 0. The van der Waals surface area contributed by atoms with Gasteiger partial charge in [-0.2, -0.15) is 25.7 Å². The number of hydrogen-bond donors (Lipinski definition) is 1. The zero-order valence-electron chi connectivity index (χ0n) is 10.7. The van der Waals surface area contributed by atoms with Crippen molar-refractivity contribution in [3.8, 4) is 0 Å². The minimum atomic E-state index is 0. The van der Waals surface area contributed by atoms with Crippen LogP contribution in [0.3, 0.4) is 0 Å². The van der Waals surface area contributed by atoms with Gasteiger partial charge in [-0.3, -0.25) is 0 Å². The van der Waals surface area contributed by atoms with Crippen LogP contribution < -0.4 is 0 Å². The van der Waals surface area contributed by atoms with E-state index >= 15 is 0 Å². The summed E-state index contributed by atoms with van der Waals surface area (Å²) in [7, 11) is 0. The van der Waals surface area contributed by atoms with Crippen LogP contribution in [0.4, 0.5) is 0 Å². The summed E-state index contributed by atoms with van der Waals surface area (Å²) in [5, 5.41) is 8.89. The molecule has 0 aromatic rings. The van der Waals surface area contributed by atoms with Crippen molar-refractivity contribution < 1.29 is 42.6 Å². The van der Waals surface area contributed by atoms with E-state index in [0.717, 1.165) is 25.7 Å². The Balaban J connectivity index is 0.000000292. The maximum atomic E-state index is 8.89. The topological polar surface area (TPSA) is 29.5 Å². The van der Waals surface area contributed by atoms with Gasteiger partial charge in [-0.15, -0.1) is 0 Å². The smallest absolute Gasteiger partial charge is 0.0929 e. The fourth-order valence-electron chi connectivity index (χ4n) is 2.08. The third-order valence-corrected chi connectivity index (χ3v) is 3.08. The van der Waals surface area contributed by atoms with E-state index < -0.39 is 0 Å². The molecule has 0 saturated heterocycles. The summed E-state index contributed by atoms with van der Waals surface area (Å²) in [6.07, 6.45) is 15.5. The molecule has 2 aliphatic carbocycles. The van der Waals surface area contributed by atoms with Gasteiger partial charge in [0.2, 0.25) is 0 Å². The van der Waals surface area contributed by atoms with Crippen LogP contribution in [0.25, 0.3) is 0 Å². The molecule has 0 spiro atoms. The summed E-state index contributed by atoms with van der Waals surface area (Å²) in [6, 6.07) is 0. The molecule has 0 aromatic heterocycles. The Morgan fingerprint density at radius 1 is 1.00 bits per heavy atom. The second kappa shape index (κ2) is 11.7. The summed E-state index contributed by atoms with van der Waals surface area (Å²) < 4.78 is 5.23. The molecule has 97 valence electrons. The average molecular weight is 313 g/mol. The molecule has 0 atom stereocenters. The molecular weight excluding hydrogens is 289 g/mol. The van der Waals surface area contributed by atoms with Gasteiger partial charge >= 0.3 is 0 Å². The van der Waals surface area contributed by atoms with Crippen molar-refractivity contribution in [1.29, 1.82) is 0 Å². The number of aliphatic hydroxyl groups excluding tert-OH is 1. The zero-order chi connectivity index (χ0) is 11.6. The minimum absolute atomic E-state index is 0. The first kappa shape index (κ1) is 17.6. The van der Waals surface area contributed by atoms with Crippen LogP contribution in [0.5, 0.6) is 0 Å². The molecule has 0 heterocycles. The Morgan fingerprint density at radius 3 is 1.82 bits per heavy atom. The normalized spacial score (nSPS) is 21.7. The molecule has 2 aliphatic rings. The van der Waals surface area contributed by atoms with Crippen LogP contribution in [0.1, 0.15) is 51.4 Å². The summed E-state index contributed by atoms with van der Waals surface area (Å²) in [5.41, 5.74) is 0. The van der Waals surface area contributed by atoms with Gasteiger partial charge in [0, 0.05) is 38.8 Å². The first-order chi connectivity index (χ1) is 7.83. The maximum absolute atomic E-state index is 8.89. The van der Waals surface area contributed by atoms with E-state index in [4.69, 9.17) is 9.84 Å². The Hall–Kier alpha value is 0.604. The van der Waals surface area contributed by atoms with Crippen LogP contribution >= 0.6 is 0 Å². The molecule has 0 unspecified atom stereocenters. The number of aliphatic hydroxyl groups is 1. The standard InChI is InChI=1S/C8H13O.C6H11O.Y/c1-2-9-8-6-4-3-5-7-8;7-6-4-2-1-3-5-6;/h2-3,8H,1,4-7H2;1,6-7H,2-5H2;/q2*-1;. The van der Waals surface area contributed by atoms with E-state index in [1.807, 2.05) is 0 Å². The van der Waals surface area contributed by atoms with E-state index in [9.17, 15) is 0 Å². The molecule has 0 aliphatic heterocycles. The van der Waals surface area contributed by atoms with Crippen molar-refractivity contribution in [3.05, 3.63) is 25.7 Å². The van der Waals surface area contributed by atoms with Gasteiger partial charge in [-0.1, -0.05) is 19.4 Å². The third kappa shape index (κ3) is 9.21. The maximum Gasteiger partial charge on any atom is 0.0929 e. The van der Waals surface area contributed by atoms with Crippen LogP contribution in [-0.4, -0.2) is 17.3 Å². The monoisotopic (exact) mass is 313 g/mol. The van der Waals surface area contributed by atoms with Crippen molar-refractivity contribution >= 4 is 0 Å². The van der Waals surface area contributed by atoms with Gasteiger partial charge in [0.05, 0.1) is 12.4 Å². The summed E-state index contributed by atoms with van der Waals surface area (Å²) in [4.78, 5) is 0. The van der Waals surface area contributed by atoms with Crippen molar-refractivity contribution in [2.75, 3.05) is 0 Å². The molecule has 0 aromatic carbocycles. The molecule has 1 N–H and O–H groups in total. The van der Waals surface area contributed by atoms with Crippen LogP contribution in [0.2, 0.25) is 0 Å². The van der Waals surface area contributed by atoms with Crippen LogP contribution in [0.15, 0.2) is 12.8 Å². The van der Waals surface area contributed by atoms with Crippen LogP contribution in [-0.2, 0) is 37.4 Å². The predicted octanol–water partition coefficient (Wildman–Crippen LogP) is 3.42. The largest absolute Gasteiger partial charge is 0.499 e. The van der Waals surface area contributed by atoms with Crippen molar-refractivity contribution in [2.24, 2.45) is 0 Å². The second-order valence-electron chi connectivity index (χ2n) is 4.47. The summed E-state index contributed by atoms with van der Waals surface area (Å²) in [6.45, 7) is 3.52. The molecule has 2 saturated carbocycles. The fraction of sp³-hybridized carbons (Fsp3) is 0.714. The Morgan fingerprint density at radius 2 is 1.47 bits per heavy atom. The number of rotatable bonds is 2. The average Bonchev–Trinajstić information content (AvgIpc) is 2.33. The predicted molar refractivity (Wildman–Crippen MR) is 66.6 cm³/mol. The summed E-state index contributed by atoms with van der Waals surface area (Å²) >= 11 is 0. The number of ether oxygens (including phenoxy) is 1. The van der Waals surface area contributed by atoms with Gasteiger partial charge in [0.1, 0.15) is 0 Å². The Labute approximate surface area is 131 Å². The van der Waals surface area contributed by atoms with Crippen molar-refractivity contribution in [1.82, 2.24) is 0 Å². The molecule has 0 bridgehead atoms. The van der Waals surface area contributed by atoms with E-state index in [-0.39, 0.29) is 38.8 Å². The van der Waals surface area contributed by atoms with Crippen LogP contribution in [0, 0.1) is 12.8 Å².